The summed E-state index contributed by atoms with van der Waals surface area (Å²) in [6.07, 6.45) is 3.93. The molecule has 0 unspecified atom stereocenters. The Morgan fingerprint density at radius 3 is 2.74 bits per heavy atom. The summed E-state index contributed by atoms with van der Waals surface area (Å²) in [7, 11) is 1.26. The normalized spacial score (nSPS) is 14.5. The van der Waals surface area contributed by atoms with Crippen molar-refractivity contribution in [3.63, 3.8) is 0 Å². The van der Waals surface area contributed by atoms with Gasteiger partial charge >= 0.3 is 0 Å². The number of aromatic nitrogens is 5. The zero-order valence-electron chi connectivity index (χ0n) is 18.7. The highest BCUT2D eigenvalue weighted by atomic mass is 32.1. The Labute approximate surface area is 198 Å². The lowest BCUT2D eigenvalue weighted by atomic mass is 9.90. The van der Waals surface area contributed by atoms with Crippen LogP contribution in [0, 0.1) is 18.6 Å². The number of anilines is 1. The molecule has 3 aromatic heterocycles. The van der Waals surface area contributed by atoms with Crippen molar-refractivity contribution in [2.75, 3.05) is 25.9 Å². The number of aryl methyl sites for hydroxylation is 1. The number of benzene rings is 1. The molecule has 0 aliphatic carbocycles. The molecule has 34 heavy (non-hydrogen) atoms. The second-order valence-corrected chi connectivity index (χ2v) is 9.39. The van der Waals surface area contributed by atoms with Crippen molar-refractivity contribution in [2.24, 2.45) is 0 Å². The van der Waals surface area contributed by atoms with Gasteiger partial charge in [0.2, 0.25) is 5.82 Å². The minimum atomic E-state index is -1.13. The van der Waals surface area contributed by atoms with E-state index in [0.29, 0.717) is 11.5 Å². The first-order valence-corrected chi connectivity index (χ1v) is 11.7. The molecule has 1 aromatic carbocycles. The van der Waals surface area contributed by atoms with Crippen LogP contribution in [0.4, 0.5) is 14.6 Å². The second kappa shape index (κ2) is 9.07. The molecule has 1 fully saturated rings. The third kappa shape index (κ3) is 3.90. The van der Waals surface area contributed by atoms with Gasteiger partial charge in [-0.25, -0.2) is 9.37 Å². The van der Waals surface area contributed by atoms with Gasteiger partial charge < -0.3 is 15.8 Å². The van der Waals surface area contributed by atoms with Gasteiger partial charge in [0.05, 0.1) is 12.7 Å². The summed E-state index contributed by atoms with van der Waals surface area (Å²) in [6, 6.07) is 6.71. The summed E-state index contributed by atoms with van der Waals surface area (Å²) in [6.45, 7) is 4.18. The number of nitrogens with two attached hydrogens (primary N) is 1. The van der Waals surface area contributed by atoms with Gasteiger partial charge in [0.25, 0.3) is 0 Å². The predicted octanol–water partition coefficient (Wildman–Crippen LogP) is 4.10. The largest absolute Gasteiger partial charge is 0.494 e. The van der Waals surface area contributed by atoms with Crippen LogP contribution in [0.2, 0.25) is 0 Å². The van der Waals surface area contributed by atoms with E-state index in [2.05, 4.69) is 38.8 Å². The summed E-state index contributed by atoms with van der Waals surface area (Å²) in [5, 5.41) is 15.0. The number of pyridine rings is 1. The van der Waals surface area contributed by atoms with Gasteiger partial charge in [0.1, 0.15) is 11.5 Å². The molecule has 0 amide bonds. The molecule has 3 N–H and O–H groups in total. The Balaban J connectivity index is 1.55. The van der Waals surface area contributed by atoms with Gasteiger partial charge in [-0.3, -0.25) is 0 Å². The third-order valence-electron chi connectivity index (χ3n) is 6.12. The first-order chi connectivity index (χ1) is 16.5. The molecule has 0 atom stereocenters. The third-order valence-corrected chi connectivity index (χ3v) is 7.24. The van der Waals surface area contributed by atoms with Crippen molar-refractivity contribution in [1.82, 2.24) is 30.5 Å². The van der Waals surface area contributed by atoms with Crippen LogP contribution in [0.3, 0.4) is 0 Å². The van der Waals surface area contributed by atoms with Crippen molar-refractivity contribution in [3.05, 3.63) is 52.5 Å². The fourth-order valence-electron chi connectivity index (χ4n) is 4.33. The molecule has 11 heteroatoms. The van der Waals surface area contributed by atoms with Crippen LogP contribution in [0.1, 0.15) is 29.2 Å². The molecule has 1 saturated heterocycles. The highest BCUT2D eigenvalue weighted by Crippen LogP contribution is 2.39. The molecule has 4 aromatic rings. The number of tetrazole rings is 1. The van der Waals surface area contributed by atoms with Crippen molar-refractivity contribution >= 4 is 17.2 Å². The number of hydrogen-bond acceptors (Lipinski definition) is 8. The summed E-state index contributed by atoms with van der Waals surface area (Å²) in [5.74, 6) is -1.59. The molecular weight excluding hydrogens is 460 g/mol. The van der Waals surface area contributed by atoms with E-state index in [9.17, 15) is 8.78 Å². The lowest BCUT2D eigenvalue weighted by molar-refractivity contribution is 0.371. The molecule has 1 aliphatic heterocycles. The SMILES string of the molecule is COc1ccc(-n2nnnc2-c2cc(-c3cc(C4CCNCC4)c(C)s3)cnc2N)c(F)c1F. The number of methoxy groups -OCH3 is 1. The number of hydrogen-bond donors (Lipinski definition) is 2. The molecule has 176 valence electrons. The maximum absolute atomic E-state index is 14.8. The molecule has 1 aliphatic rings. The average Bonchev–Trinajstić information content (AvgIpc) is 3.49. The fourth-order valence-corrected chi connectivity index (χ4v) is 5.41. The van der Waals surface area contributed by atoms with E-state index < -0.39 is 11.6 Å². The summed E-state index contributed by atoms with van der Waals surface area (Å²) >= 11 is 1.70. The minimum absolute atomic E-state index is 0.155. The van der Waals surface area contributed by atoms with Gasteiger partial charge in [-0.2, -0.15) is 9.07 Å². The van der Waals surface area contributed by atoms with Gasteiger partial charge in [0.15, 0.2) is 17.4 Å². The summed E-state index contributed by atoms with van der Waals surface area (Å²) in [5.41, 5.74) is 8.64. The fraction of sp³-hybridized carbons (Fsp3) is 0.304. The maximum atomic E-state index is 14.8. The number of halogens is 2. The van der Waals surface area contributed by atoms with Crippen LogP contribution in [0.5, 0.6) is 5.75 Å². The van der Waals surface area contributed by atoms with Gasteiger partial charge in [0, 0.05) is 21.5 Å². The number of rotatable bonds is 5. The Morgan fingerprint density at radius 2 is 1.97 bits per heavy atom. The van der Waals surface area contributed by atoms with Crippen molar-refractivity contribution < 1.29 is 13.5 Å². The van der Waals surface area contributed by atoms with Gasteiger partial charge in [-0.05, 0) is 79.0 Å². The van der Waals surface area contributed by atoms with E-state index in [1.54, 1.807) is 17.5 Å². The lowest BCUT2D eigenvalue weighted by Gasteiger charge is -2.22. The van der Waals surface area contributed by atoms with Crippen LogP contribution >= 0.6 is 11.3 Å². The van der Waals surface area contributed by atoms with E-state index in [1.165, 1.54) is 29.7 Å². The Bertz CT molecular complexity index is 1350. The number of thiophene rings is 1. The van der Waals surface area contributed by atoms with Crippen molar-refractivity contribution in [2.45, 2.75) is 25.7 Å². The highest BCUT2D eigenvalue weighted by molar-refractivity contribution is 7.15. The monoisotopic (exact) mass is 483 g/mol. The lowest BCUT2D eigenvalue weighted by Crippen LogP contribution is -2.26. The number of nitrogen functional groups attached to an aromatic ring is 1. The molecule has 5 rings (SSSR count). The summed E-state index contributed by atoms with van der Waals surface area (Å²) in [4.78, 5) is 6.68. The van der Waals surface area contributed by atoms with E-state index in [0.717, 1.165) is 41.1 Å². The number of ether oxygens (including phenoxy) is 1. The molecule has 0 saturated carbocycles. The molecule has 0 spiro atoms. The van der Waals surface area contributed by atoms with Crippen LogP contribution in [0.15, 0.2) is 30.5 Å². The zero-order chi connectivity index (χ0) is 23.8. The van der Waals surface area contributed by atoms with E-state index in [4.69, 9.17) is 10.5 Å². The first-order valence-electron chi connectivity index (χ1n) is 10.9. The quantitative estimate of drug-likeness (QED) is 0.440. The first kappa shape index (κ1) is 22.4. The van der Waals surface area contributed by atoms with Crippen LogP contribution < -0.4 is 15.8 Å². The smallest absolute Gasteiger partial charge is 0.202 e. The Kier molecular flexibility index (Phi) is 5.96. The number of nitrogens with one attached hydrogen (secondary N) is 1. The van der Waals surface area contributed by atoms with Gasteiger partial charge in [-0.15, -0.1) is 16.4 Å². The number of piperidine rings is 1. The topological polar surface area (TPSA) is 104 Å². The Hall–Kier alpha value is -3.44. The van der Waals surface area contributed by atoms with Crippen LogP contribution in [-0.4, -0.2) is 45.4 Å². The Morgan fingerprint density at radius 1 is 1.18 bits per heavy atom. The molecule has 4 heterocycles. The standard InChI is InChI=1S/C23H23F2N7OS/c1-12-15(13-5-7-27-8-6-13)10-19(34-12)14-9-16(22(26)28-11-14)23-29-30-31-32(23)17-3-4-18(33-2)21(25)20(17)24/h3-4,9-11,13,27H,5-8H2,1-2H3,(H2,26,28). The van der Waals surface area contributed by atoms with Gasteiger partial charge in [-0.1, -0.05) is 0 Å². The number of nitrogens with zero attached hydrogens (tertiary/aromatic N) is 5. The van der Waals surface area contributed by atoms with E-state index >= 15 is 0 Å². The molecule has 8 nitrogen and oxygen atoms in total. The van der Waals surface area contributed by atoms with E-state index in [-0.39, 0.29) is 23.1 Å². The van der Waals surface area contributed by atoms with Crippen LogP contribution in [-0.2, 0) is 0 Å². The molecule has 0 bridgehead atoms. The van der Waals surface area contributed by atoms with Crippen LogP contribution in [0.25, 0.3) is 27.5 Å². The second-order valence-electron chi connectivity index (χ2n) is 8.13. The zero-order valence-corrected chi connectivity index (χ0v) is 19.5. The maximum Gasteiger partial charge on any atom is 0.202 e. The predicted molar refractivity (Wildman–Crippen MR) is 126 cm³/mol. The summed E-state index contributed by atoms with van der Waals surface area (Å²) < 4.78 is 35.0. The highest BCUT2D eigenvalue weighted by Gasteiger charge is 2.23. The van der Waals surface area contributed by atoms with Crippen molar-refractivity contribution in [3.8, 4) is 33.3 Å². The molecular formula is C23H23F2N7OS. The van der Waals surface area contributed by atoms with E-state index in [1.807, 2.05) is 6.07 Å². The molecule has 0 radical (unpaired) electrons. The van der Waals surface area contributed by atoms with Crippen molar-refractivity contribution in [1.29, 1.82) is 0 Å². The minimum Gasteiger partial charge on any atom is -0.494 e. The average molecular weight is 484 g/mol.